The summed E-state index contributed by atoms with van der Waals surface area (Å²) in [5.41, 5.74) is 0. The van der Waals surface area contributed by atoms with E-state index >= 15 is 0 Å². The highest BCUT2D eigenvalue weighted by atomic mass is 15.2. The fourth-order valence-electron chi connectivity index (χ4n) is 8.29. The van der Waals surface area contributed by atoms with Gasteiger partial charge in [0.1, 0.15) is 61.3 Å². The van der Waals surface area contributed by atoms with Crippen LogP contribution in [0.15, 0.2) is 56.2 Å². The van der Waals surface area contributed by atoms with E-state index in [-0.39, 0.29) is 2.85 Å². The Morgan fingerprint density at radius 3 is 1.44 bits per heavy atom. The lowest BCUT2D eigenvalue weighted by atomic mass is 9.95. The van der Waals surface area contributed by atoms with E-state index in [1.165, 1.54) is 116 Å². The van der Waals surface area contributed by atoms with Crippen molar-refractivity contribution in [1.29, 1.82) is 0 Å². The summed E-state index contributed by atoms with van der Waals surface area (Å²) in [7, 11) is 0. The molecule has 4 aliphatic carbocycles. The van der Waals surface area contributed by atoms with E-state index in [9.17, 15) is 0 Å². The molecule has 254 valence electrons. The first-order chi connectivity index (χ1) is 21.9. The van der Waals surface area contributed by atoms with E-state index < -0.39 is 0 Å². The minimum Gasteiger partial charge on any atom is -0.237 e. The van der Waals surface area contributed by atoms with E-state index in [0.29, 0.717) is 0 Å². The molecule has 6 nitrogen and oxygen atoms in total. The zero-order valence-electron chi connectivity index (χ0n) is 29.5. The molecule has 7 rings (SSSR count). The van der Waals surface area contributed by atoms with Crippen molar-refractivity contribution in [3.05, 3.63) is 56.2 Å². The van der Waals surface area contributed by atoms with E-state index in [0.717, 1.165) is 49.1 Å². The van der Waals surface area contributed by atoms with Crippen LogP contribution in [0.5, 0.6) is 0 Å². The maximum Gasteiger partial charge on any atom is 0.244 e. The summed E-state index contributed by atoms with van der Waals surface area (Å²) in [6, 6.07) is 3.17. The second-order valence-electron chi connectivity index (χ2n) is 15.7. The summed E-state index contributed by atoms with van der Waals surface area (Å²) in [5, 5.41) is 0. The van der Waals surface area contributed by atoms with E-state index in [1.54, 1.807) is 0 Å². The van der Waals surface area contributed by atoms with E-state index in [1.807, 2.05) is 0 Å². The third-order valence-electron chi connectivity index (χ3n) is 10.7. The highest BCUT2D eigenvalue weighted by Gasteiger charge is 2.26. The van der Waals surface area contributed by atoms with Crippen LogP contribution in [-0.4, -0.2) is 13.7 Å². The van der Waals surface area contributed by atoms with Crippen molar-refractivity contribution < 1.29 is 16.6 Å². The van der Waals surface area contributed by atoms with Crippen LogP contribution in [0, 0.1) is 11.8 Å². The standard InChI is InChI=1S/C15H25N2.C13H21N2.C11H21N2.2H2/c1-3-7-14(8-4-1)16-11-12-17(13-16)15-9-5-2-6-10-15;1-2-6-12(5-1)14-9-10-15(11-14)13-7-3-4-8-13;1-10(2)7-12-5-6-13(9-12)8-11(3)4;;/h11-15H,1-10H2;9-13H,1-8H2;5-6,9-11H,7-8H2,1-4H3;2*1H/q3*+1;;. The van der Waals surface area contributed by atoms with Gasteiger partial charge in [-0.2, -0.15) is 0 Å². The molecule has 0 unspecified atom stereocenters. The Morgan fingerprint density at radius 1 is 0.533 bits per heavy atom. The molecule has 0 radical (unpaired) electrons. The van der Waals surface area contributed by atoms with Crippen molar-refractivity contribution in [2.24, 2.45) is 11.8 Å². The van der Waals surface area contributed by atoms with Crippen LogP contribution in [0.25, 0.3) is 0 Å². The third-order valence-corrected chi connectivity index (χ3v) is 10.7. The van der Waals surface area contributed by atoms with Crippen LogP contribution in [0.4, 0.5) is 0 Å². The maximum absolute atomic E-state index is 2.48. The molecule has 0 spiro atoms. The van der Waals surface area contributed by atoms with Crippen molar-refractivity contribution in [2.75, 3.05) is 0 Å². The van der Waals surface area contributed by atoms with Crippen LogP contribution >= 0.6 is 0 Å². The van der Waals surface area contributed by atoms with Gasteiger partial charge in [0.25, 0.3) is 0 Å². The monoisotopic (exact) mass is 624 g/mol. The first kappa shape index (κ1) is 34.0. The molecule has 4 fully saturated rings. The number of aromatic nitrogens is 6. The second-order valence-corrected chi connectivity index (χ2v) is 15.7. The predicted octanol–water partition coefficient (Wildman–Crippen LogP) is 9.37. The Bertz CT molecular complexity index is 1130. The summed E-state index contributed by atoms with van der Waals surface area (Å²) in [4.78, 5) is 0. The smallest absolute Gasteiger partial charge is 0.237 e. The summed E-state index contributed by atoms with van der Waals surface area (Å²) < 4.78 is 14.4. The molecule has 3 aromatic rings. The lowest BCUT2D eigenvalue weighted by Crippen LogP contribution is -2.38. The molecule has 6 heteroatoms. The Labute approximate surface area is 278 Å². The molecule has 0 bridgehead atoms. The van der Waals surface area contributed by atoms with Gasteiger partial charge in [-0.1, -0.05) is 40.5 Å². The number of rotatable bonds is 8. The first-order valence-corrected chi connectivity index (χ1v) is 19.2. The predicted molar refractivity (Wildman–Crippen MR) is 187 cm³/mol. The Hall–Kier alpha value is -2.37. The molecule has 0 aliphatic heterocycles. The molecule has 4 saturated carbocycles. The van der Waals surface area contributed by atoms with Crippen molar-refractivity contribution in [3.8, 4) is 0 Å². The molecule has 45 heavy (non-hydrogen) atoms. The highest BCUT2D eigenvalue weighted by molar-refractivity contribution is 4.81. The van der Waals surface area contributed by atoms with Crippen molar-refractivity contribution in [3.63, 3.8) is 0 Å². The summed E-state index contributed by atoms with van der Waals surface area (Å²) in [6.07, 6.45) is 45.8. The molecule has 0 atom stereocenters. The molecule has 0 saturated heterocycles. The maximum atomic E-state index is 2.48. The highest BCUT2D eigenvalue weighted by Crippen LogP contribution is 2.30. The number of imidazole rings is 3. The molecular weight excluding hydrogens is 552 g/mol. The fourth-order valence-corrected chi connectivity index (χ4v) is 8.29. The van der Waals surface area contributed by atoms with Gasteiger partial charge in [0.05, 0.1) is 13.1 Å². The molecular formula is C39H71N6+3. The lowest BCUT2D eigenvalue weighted by molar-refractivity contribution is -0.725. The molecule has 0 amide bonds. The fraction of sp³-hybridized carbons (Fsp3) is 0.769. The Kier molecular flexibility index (Phi) is 13.2. The van der Waals surface area contributed by atoms with Gasteiger partial charge in [0, 0.05) is 2.85 Å². The Balaban J connectivity index is 0.000000189. The summed E-state index contributed by atoms with van der Waals surface area (Å²) >= 11 is 0. The minimum absolute atomic E-state index is 0. The van der Waals surface area contributed by atoms with Crippen LogP contribution in [0.2, 0.25) is 0 Å². The van der Waals surface area contributed by atoms with E-state index in [4.69, 9.17) is 0 Å². The minimum atomic E-state index is 0. The Morgan fingerprint density at radius 2 is 0.978 bits per heavy atom. The summed E-state index contributed by atoms with van der Waals surface area (Å²) in [5.74, 6) is 1.44. The van der Waals surface area contributed by atoms with Crippen LogP contribution < -0.4 is 13.7 Å². The van der Waals surface area contributed by atoms with Crippen LogP contribution in [-0.2, 0) is 13.1 Å². The number of hydrogen-bond acceptors (Lipinski definition) is 0. The molecule has 3 aromatic heterocycles. The van der Waals surface area contributed by atoms with Gasteiger partial charge in [-0.25, -0.2) is 27.4 Å². The van der Waals surface area contributed by atoms with Crippen LogP contribution in [0.1, 0.15) is 170 Å². The van der Waals surface area contributed by atoms with Gasteiger partial charge >= 0.3 is 0 Å². The van der Waals surface area contributed by atoms with Gasteiger partial charge in [-0.05, 0) is 115 Å². The molecule has 0 aromatic carbocycles. The van der Waals surface area contributed by atoms with Gasteiger partial charge in [-0.15, -0.1) is 0 Å². The van der Waals surface area contributed by atoms with Gasteiger partial charge in [0.2, 0.25) is 19.0 Å². The second kappa shape index (κ2) is 17.5. The first-order valence-electron chi connectivity index (χ1n) is 19.2. The van der Waals surface area contributed by atoms with Gasteiger partial charge in [-0.3, -0.25) is 0 Å². The van der Waals surface area contributed by atoms with Gasteiger partial charge < -0.3 is 0 Å². The third kappa shape index (κ3) is 10.6. The summed E-state index contributed by atoms with van der Waals surface area (Å²) in [6.45, 7) is 11.2. The zero-order valence-corrected chi connectivity index (χ0v) is 29.5. The normalized spacial score (nSPS) is 20.4. The number of hydrogen-bond donors (Lipinski definition) is 0. The number of nitrogens with zero attached hydrogens (tertiary/aromatic N) is 6. The van der Waals surface area contributed by atoms with Crippen LogP contribution in [0.3, 0.4) is 0 Å². The zero-order chi connectivity index (χ0) is 31.4. The quantitative estimate of drug-likeness (QED) is 0.224. The van der Waals surface area contributed by atoms with Crippen molar-refractivity contribution in [2.45, 2.75) is 181 Å². The largest absolute Gasteiger partial charge is 0.244 e. The van der Waals surface area contributed by atoms with Crippen molar-refractivity contribution in [1.82, 2.24) is 13.7 Å². The van der Waals surface area contributed by atoms with E-state index in [2.05, 4.69) is 111 Å². The van der Waals surface area contributed by atoms with Gasteiger partial charge in [0.15, 0.2) is 0 Å². The van der Waals surface area contributed by atoms with Crippen molar-refractivity contribution >= 4 is 0 Å². The molecule has 0 N–H and O–H groups in total. The lowest BCUT2D eigenvalue weighted by Gasteiger charge is -2.20. The molecule has 3 heterocycles. The molecule has 4 aliphatic rings. The average molecular weight is 624 g/mol. The topological polar surface area (TPSA) is 26.4 Å². The average Bonchev–Trinajstić information content (AvgIpc) is 3.88. The SMILES string of the molecule is CC(C)Cn1cc[n+](CC(C)C)c1.[HH].[HH].c1c[n+](C2CCCC2)cn1C1CCCC1.c1c[n+](C2CCCCC2)cn1C1CCCCC1.